The first kappa shape index (κ1) is 22.0. The Morgan fingerprint density at radius 3 is 2.63 bits per heavy atom. The molecule has 1 atom stereocenters. The minimum atomic E-state index is -1.23. The summed E-state index contributed by atoms with van der Waals surface area (Å²) in [7, 11) is -1.23. The van der Waals surface area contributed by atoms with Gasteiger partial charge in [-0.05, 0) is 50.3 Å². The molecule has 0 aliphatic carbocycles. The third kappa shape index (κ3) is 5.09. The number of ketones is 1. The van der Waals surface area contributed by atoms with Crippen LogP contribution in [0, 0.1) is 5.41 Å². The summed E-state index contributed by atoms with van der Waals surface area (Å²) < 4.78 is 15.6. The van der Waals surface area contributed by atoms with E-state index in [0.29, 0.717) is 16.9 Å². The minimum absolute atomic E-state index is 0.0580. The molecule has 3 rings (SSSR count). The second kappa shape index (κ2) is 9.01. The maximum atomic E-state index is 12.4. The second-order valence-electron chi connectivity index (χ2n) is 8.10. The summed E-state index contributed by atoms with van der Waals surface area (Å²) in [5.74, 6) is -1.48. The van der Waals surface area contributed by atoms with E-state index in [1.54, 1.807) is 45.0 Å². The monoisotopic (exact) mass is 430 g/mol. The van der Waals surface area contributed by atoms with Crippen molar-refractivity contribution < 1.29 is 33.5 Å². The maximum absolute atomic E-state index is 12.4. The van der Waals surface area contributed by atoms with E-state index in [-0.39, 0.29) is 23.5 Å². The van der Waals surface area contributed by atoms with E-state index < -0.39 is 37.1 Å². The van der Waals surface area contributed by atoms with Gasteiger partial charge in [0.25, 0.3) is 0 Å². The predicted octanol–water partition coefficient (Wildman–Crippen LogP) is 3.51. The summed E-state index contributed by atoms with van der Waals surface area (Å²) >= 11 is 1.35. The van der Waals surface area contributed by atoms with Crippen molar-refractivity contribution in [1.29, 1.82) is 0 Å². The molecular weight excluding hydrogens is 407 g/mol. The summed E-state index contributed by atoms with van der Waals surface area (Å²) in [6.45, 7) is 4.57. The Kier molecular flexibility index (Phi) is 6.63. The van der Waals surface area contributed by atoms with Gasteiger partial charge in [-0.15, -0.1) is 11.3 Å². The van der Waals surface area contributed by atoms with Crippen molar-refractivity contribution in [2.75, 3.05) is 6.79 Å². The van der Waals surface area contributed by atoms with Crippen molar-refractivity contribution in [2.45, 2.75) is 39.4 Å². The summed E-state index contributed by atoms with van der Waals surface area (Å²) in [4.78, 5) is 37.2. The van der Waals surface area contributed by atoms with Gasteiger partial charge in [-0.3, -0.25) is 9.59 Å². The molecule has 0 unspecified atom stereocenters. The molecule has 158 valence electrons. The molecule has 0 spiro atoms. The van der Waals surface area contributed by atoms with E-state index in [2.05, 4.69) is 0 Å². The normalized spacial score (nSPS) is 15.7. The van der Waals surface area contributed by atoms with Crippen LogP contribution in [0.25, 0.3) is 0 Å². The van der Waals surface area contributed by atoms with Crippen molar-refractivity contribution in [3.05, 3.63) is 51.7 Å². The summed E-state index contributed by atoms with van der Waals surface area (Å²) in [5, 5.41) is 12.2. The number of para-hydroxylation sites is 1. The van der Waals surface area contributed by atoms with Crippen LogP contribution in [0.4, 0.5) is 0 Å². The smallest absolute Gasteiger partial charge is 0.526 e. The molecule has 1 aromatic carbocycles. The lowest BCUT2D eigenvalue weighted by Gasteiger charge is -2.28. The molecule has 0 saturated heterocycles. The number of Topliss-reactive ketones (excluding diaryl/α,β-unsaturated/α-hetero) is 1. The van der Waals surface area contributed by atoms with Crippen LogP contribution in [-0.4, -0.2) is 36.7 Å². The van der Waals surface area contributed by atoms with Crippen LogP contribution >= 0.6 is 11.3 Å². The fraction of sp³-hybridized carbons (Fsp3) is 0.381. The Morgan fingerprint density at radius 1 is 1.20 bits per heavy atom. The number of hydrogen-bond acceptors (Lipinski definition) is 8. The number of hydrogen-bond donors (Lipinski definition) is 1. The van der Waals surface area contributed by atoms with Crippen molar-refractivity contribution >= 4 is 36.2 Å². The molecule has 0 fully saturated rings. The number of carbonyl (C=O) groups excluding carboxylic acids is 3. The molecular formula is C21H23BO7S. The molecule has 1 aromatic heterocycles. The zero-order chi connectivity index (χ0) is 21.9. The van der Waals surface area contributed by atoms with Gasteiger partial charge in [0.15, 0.2) is 5.78 Å². The standard InChI is InChI=1S/C21H23BO7S/c1-21(2,3)20(25)28-12-27-19(24)15-7-4-6-13-10-14(22(26)29-18(13)15)11-16(23)17-8-5-9-30-17/h4-9,14,26H,10-12H2,1-3H3/t14-/m1/s1. The van der Waals surface area contributed by atoms with E-state index in [0.717, 1.165) is 0 Å². The quantitative estimate of drug-likeness (QED) is 0.324. The SMILES string of the molecule is CC(C)(C)C(=O)OCOC(=O)c1cccc2c1OB(O)[C@@H](CC(=O)c1cccs1)C2. The number of ether oxygens (including phenoxy) is 2. The fourth-order valence-corrected chi connectivity index (χ4v) is 3.70. The first-order chi connectivity index (χ1) is 14.2. The Bertz CT molecular complexity index is 933. The van der Waals surface area contributed by atoms with E-state index in [4.69, 9.17) is 14.1 Å². The summed E-state index contributed by atoms with van der Waals surface area (Å²) in [5.41, 5.74) is 0.119. The van der Waals surface area contributed by atoms with Gasteiger partial charge in [-0.1, -0.05) is 18.2 Å². The predicted molar refractivity (Wildman–Crippen MR) is 112 cm³/mol. The van der Waals surface area contributed by atoms with Crippen LogP contribution in [0.3, 0.4) is 0 Å². The number of esters is 2. The third-order valence-corrected chi connectivity index (χ3v) is 5.59. The van der Waals surface area contributed by atoms with Crippen molar-refractivity contribution in [3.63, 3.8) is 0 Å². The molecule has 30 heavy (non-hydrogen) atoms. The van der Waals surface area contributed by atoms with Gasteiger partial charge in [0.2, 0.25) is 6.79 Å². The molecule has 2 heterocycles. The molecule has 0 bridgehead atoms. The van der Waals surface area contributed by atoms with Gasteiger partial charge in [-0.2, -0.15) is 0 Å². The number of rotatable bonds is 6. The van der Waals surface area contributed by atoms with Crippen LogP contribution in [0.5, 0.6) is 5.75 Å². The summed E-state index contributed by atoms with van der Waals surface area (Å²) in [6.07, 6.45) is 0.520. The maximum Gasteiger partial charge on any atom is 0.526 e. The lowest BCUT2D eigenvalue weighted by atomic mass is 9.64. The zero-order valence-corrected chi connectivity index (χ0v) is 17.9. The Balaban J connectivity index is 1.66. The first-order valence-corrected chi connectivity index (χ1v) is 10.4. The number of carbonyl (C=O) groups is 3. The van der Waals surface area contributed by atoms with Gasteiger partial charge in [0.1, 0.15) is 11.3 Å². The summed E-state index contributed by atoms with van der Waals surface area (Å²) in [6, 6.07) is 8.52. The number of thiophene rings is 1. The number of fused-ring (bicyclic) bond motifs is 1. The second-order valence-corrected chi connectivity index (χ2v) is 9.05. The van der Waals surface area contributed by atoms with Crippen LogP contribution in [0.15, 0.2) is 35.7 Å². The van der Waals surface area contributed by atoms with E-state index in [1.807, 2.05) is 5.38 Å². The highest BCUT2D eigenvalue weighted by molar-refractivity contribution is 7.12. The fourth-order valence-electron chi connectivity index (χ4n) is 3.03. The van der Waals surface area contributed by atoms with Crippen LogP contribution in [0.1, 0.15) is 52.8 Å². The van der Waals surface area contributed by atoms with Gasteiger partial charge in [0, 0.05) is 12.2 Å². The lowest BCUT2D eigenvalue weighted by Crippen LogP contribution is -2.36. The Labute approximate surface area is 179 Å². The van der Waals surface area contributed by atoms with Crippen molar-refractivity contribution in [2.24, 2.45) is 5.41 Å². The molecule has 7 nitrogen and oxygen atoms in total. The lowest BCUT2D eigenvalue weighted by molar-refractivity contribution is -0.161. The molecule has 0 radical (unpaired) electrons. The Morgan fingerprint density at radius 2 is 1.97 bits per heavy atom. The average molecular weight is 430 g/mol. The van der Waals surface area contributed by atoms with Crippen LogP contribution < -0.4 is 4.65 Å². The highest BCUT2D eigenvalue weighted by Crippen LogP contribution is 2.37. The van der Waals surface area contributed by atoms with Crippen molar-refractivity contribution in [1.82, 2.24) is 0 Å². The number of benzene rings is 1. The molecule has 1 N–H and O–H groups in total. The molecule has 9 heteroatoms. The van der Waals surface area contributed by atoms with E-state index in [1.165, 1.54) is 17.4 Å². The highest BCUT2D eigenvalue weighted by Gasteiger charge is 2.38. The zero-order valence-electron chi connectivity index (χ0n) is 17.0. The van der Waals surface area contributed by atoms with Crippen LogP contribution in [0.2, 0.25) is 5.82 Å². The van der Waals surface area contributed by atoms with E-state index in [9.17, 15) is 19.4 Å². The first-order valence-electron chi connectivity index (χ1n) is 9.54. The topological polar surface area (TPSA) is 99.1 Å². The van der Waals surface area contributed by atoms with Gasteiger partial charge in [0.05, 0.1) is 10.3 Å². The minimum Gasteiger partial charge on any atom is -0.535 e. The largest absolute Gasteiger partial charge is 0.535 e. The molecule has 0 saturated carbocycles. The molecule has 0 amide bonds. The highest BCUT2D eigenvalue weighted by atomic mass is 32.1. The van der Waals surface area contributed by atoms with Crippen molar-refractivity contribution in [3.8, 4) is 5.75 Å². The average Bonchev–Trinajstić information content (AvgIpc) is 3.22. The molecule has 2 aromatic rings. The van der Waals surface area contributed by atoms with E-state index >= 15 is 0 Å². The van der Waals surface area contributed by atoms with Crippen LogP contribution in [-0.2, 0) is 20.7 Å². The Hall–Kier alpha value is -2.65. The van der Waals surface area contributed by atoms with Gasteiger partial charge < -0.3 is 19.2 Å². The van der Waals surface area contributed by atoms with Gasteiger partial charge >= 0.3 is 19.1 Å². The molecule has 1 aliphatic heterocycles. The third-order valence-electron chi connectivity index (χ3n) is 4.68. The van der Waals surface area contributed by atoms with Gasteiger partial charge in [-0.25, -0.2) is 4.79 Å². The molecule has 1 aliphatic rings.